The summed E-state index contributed by atoms with van der Waals surface area (Å²) in [5.74, 6) is 1.45. The van der Waals surface area contributed by atoms with Gasteiger partial charge >= 0.3 is 5.97 Å². The molecule has 1 saturated heterocycles. The molecule has 0 aromatic heterocycles. The fraction of sp³-hybridized carbons (Fsp3) is 0.905. The summed E-state index contributed by atoms with van der Waals surface area (Å²) in [7, 11) is 0. The zero-order valence-electron chi connectivity index (χ0n) is 18.5. The molecule has 1 fully saturated rings. The number of guanidine groups is 1. The molecule has 7 heteroatoms. The first-order valence-electron chi connectivity index (χ1n) is 11.1. The Balaban J connectivity index is 2.22. The van der Waals surface area contributed by atoms with E-state index in [1.165, 1.54) is 0 Å². The molecule has 2 N–H and O–H groups in total. The van der Waals surface area contributed by atoms with E-state index in [9.17, 15) is 4.79 Å². The van der Waals surface area contributed by atoms with Crippen LogP contribution >= 0.6 is 0 Å². The Labute approximate surface area is 171 Å². The van der Waals surface area contributed by atoms with Crippen LogP contribution in [-0.4, -0.2) is 75.4 Å². The Morgan fingerprint density at radius 2 is 2.00 bits per heavy atom. The third-order valence-electron chi connectivity index (χ3n) is 4.55. The van der Waals surface area contributed by atoms with Gasteiger partial charge in [-0.15, -0.1) is 0 Å². The van der Waals surface area contributed by atoms with Crippen molar-refractivity contribution in [1.82, 2.24) is 15.5 Å². The Bertz CT molecular complexity index is 443. The molecule has 1 aliphatic rings. The number of carbonyl (C=O) groups is 1. The number of esters is 1. The molecule has 0 bridgehead atoms. The van der Waals surface area contributed by atoms with Crippen LogP contribution in [0.1, 0.15) is 59.8 Å². The Morgan fingerprint density at radius 1 is 1.21 bits per heavy atom. The van der Waals surface area contributed by atoms with Gasteiger partial charge in [-0.2, -0.15) is 0 Å². The number of ether oxygens (including phenoxy) is 2. The molecule has 28 heavy (non-hydrogen) atoms. The number of hydrogen-bond acceptors (Lipinski definition) is 5. The molecule has 0 radical (unpaired) electrons. The first kappa shape index (κ1) is 24.7. The maximum atomic E-state index is 11.3. The van der Waals surface area contributed by atoms with Crippen molar-refractivity contribution < 1.29 is 14.3 Å². The summed E-state index contributed by atoms with van der Waals surface area (Å²) in [5.41, 5.74) is 0. The number of hydrogen-bond donors (Lipinski definition) is 2. The van der Waals surface area contributed by atoms with Gasteiger partial charge in [0.05, 0.1) is 25.9 Å². The second-order valence-electron chi connectivity index (χ2n) is 7.76. The molecular weight excluding hydrogens is 356 g/mol. The van der Waals surface area contributed by atoms with E-state index < -0.39 is 0 Å². The summed E-state index contributed by atoms with van der Waals surface area (Å²) in [6, 6.07) is 0. The van der Waals surface area contributed by atoms with Crippen LogP contribution in [0.25, 0.3) is 0 Å². The molecule has 1 atom stereocenters. The van der Waals surface area contributed by atoms with Gasteiger partial charge in [-0.3, -0.25) is 14.7 Å². The maximum Gasteiger partial charge on any atom is 0.305 e. The number of aliphatic imine (C=N–C) groups is 1. The van der Waals surface area contributed by atoms with Crippen LogP contribution in [0.2, 0.25) is 0 Å². The van der Waals surface area contributed by atoms with Crippen molar-refractivity contribution in [3.8, 4) is 0 Å². The van der Waals surface area contributed by atoms with E-state index in [-0.39, 0.29) is 12.1 Å². The summed E-state index contributed by atoms with van der Waals surface area (Å²) in [5, 5.41) is 6.71. The van der Waals surface area contributed by atoms with Crippen molar-refractivity contribution in [3.63, 3.8) is 0 Å². The van der Waals surface area contributed by atoms with Crippen LogP contribution < -0.4 is 10.6 Å². The minimum atomic E-state index is -0.0842. The average molecular weight is 399 g/mol. The standard InChI is InChI=1S/C21H42N4O3/c1-5-22-21(23-12-10-8-7-9-11-20(26)27-6-2)24-15-19-17-25(13-14-28-19)16-18(3)4/h18-19H,5-17H2,1-4H3,(H2,22,23,24). The SMILES string of the molecule is CCNC(=NCC1CN(CC(C)C)CCO1)NCCCCCCC(=O)OCC. The van der Waals surface area contributed by atoms with Crippen LogP contribution in [0.4, 0.5) is 0 Å². The molecule has 7 nitrogen and oxygen atoms in total. The second-order valence-corrected chi connectivity index (χ2v) is 7.76. The van der Waals surface area contributed by atoms with Crippen LogP contribution in [0.5, 0.6) is 0 Å². The van der Waals surface area contributed by atoms with Gasteiger partial charge in [0.2, 0.25) is 0 Å². The van der Waals surface area contributed by atoms with Gasteiger partial charge in [-0.25, -0.2) is 0 Å². The van der Waals surface area contributed by atoms with Gasteiger partial charge < -0.3 is 20.1 Å². The summed E-state index contributed by atoms with van der Waals surface area (Å²) in [4.78, 5) is 18.5. The predicted octanol–water partition coefficient (Wildman–Crippen LogP) is 2.41. The summed E-state index contributed by atoms with van der Waals surface area (Å²) in [6.07, 6.45) is 4.82. The average Bonchev–Trinajstić information content (AvgIpc) is 2.65. The van der Waals surface area contributed by atoms with Gasteiger partial charge in [-0.1, -0.05) is 26.7 Å². The topological polar surface area (TPSA) is 75.2 Å². The molecule has 0 saturated carbocycles. The first-order valence-corrected chi connectivity index (χ1v) is 11.1. The highest BCUT2D eigenvalue weighted by Gasteiger charge is 2.20. The minimum absolute atomic E-state index is 0.0842. The number of nitrogens with one attached hydrogen (secondary N) is 2. The quantitative estimate of drug-likeness (QED) is 0.215. The summed E-state index contributed by atoms with van der Waals surface area (Å²) < 4.78 is 10.8. The molecule has 0 spiro atoms. The molecular formula is C21H42N4O3. The highest BCUT2D eigenvalue weighted by molar-refractivity contribution is 5.79. The van der Waals surface area contributed by atoms with Gasteiger partial charge in [0.1, 0.15) is 0 Å². The summed E-state index contributed by atoms with van der Waals surface area (Å²) in [6.45, 7) is 15.2. The van der Waals surface area contributed by atoms with E-state index >= 15 is 0 Å². The predicted molar refractivity (Wildman–Crippen MR) is 115 cm³/mol. The lowest BCUT2D eigenvalue weighted by molar-refractivity contribution is -0.143. The van der Waals surface area contributed by atoms with Crippen LogP contribution in [0.3, 0.4) is 0 Å². The monoisotopic (exact) mass is 398 g/mol. The van der Waals surface area contributed by atoms with Crippen molar-refractivity contribution in [2.24, 2.45) is 10.9 Å². The molecule has 164 valence electrons. The first-order chi connectivity index (χ1) is 13.5. The zero-order valence-corrected chi connectivity index (χ0v) is 18.5. The molecule has 1 heterocycles. The molecule has 1 rings (SSSR count). The largest absolute Gasteiger partial charge is 0.466 e. The van der Waals surface area contributed by atoms with E-state index in [4.69, 9.17) is 14.5 Å². The van der Waals surface area contributed by atoms with Gasteiger partial charge in [0.15, 0.2) is 5.96 Å². The lowest BCUT2D eigenvalue weighted by Crippen LogP contribution is -2.46. The van der Waals surface area contributed by atoms with E-state index in [2.05, 4.69) is 36.3 Å². The molecule has 1 unspecified atom stereocenters. The van der Waals surface area contributed by atoms with Gasteiger partial charge in [-0.05, 0) is 32.6 Å². The van der Waals surface area contributed by atoms with Crippen molar-refractivity contribution in [1.29, 1.82) is 0 Å². The third kappa shape index (κ3) is 12.2. The third-order valence-corrected chi connectivity index (χ3v) is 4.55. The Hall–Kier alpha value is -1.34. The smallest absolute Gasteiger partial charge is 0.305 e. The number of carbonyl (C=O) groups excluding carboxylic acids is 1. The Kier molecular flexibility index (Phi) is 13.7. The number of rotatable bonds is 13. The molecule has 0 aromatic carbocycles. The van der Waals surface area contributed by atoms with Crippen molar-refractivity contribution in [2.45, 2.75) is 65.9 Å². The molecule has 0 amide bonds. The Morgan fingerprint density at radius 3 is 2.71 bits per heavy atom. The zero-order chi connectivity index (χ0) is 20.6. The van der Waals surface area contributed by atoms with E-state index in [1.54, 1.807) is 0 Å². The van der Waals surface area contributed by atoms with E-state index in [0.717, 1.165) is 71.0 Å². The van der Waals surface area contributed by atoms with Gasteiger partial charge in [0, 0.05) is 39.1 Å². The number of unbranched alkanes of at least 4 members (excludes halogenated alkanes) is 3. The normalized spacial score (nSPS) is 18.3. The number of nitrogens with zero attached hydrogens (tertiary/aromatic N) is 2. The highest BCUT2D eigenvalue weighted by Crippen LogP contribution is 2.08. The lowest BCUT2D eigenvalue weighted by atomic mass is 10.1. The molecule has 0 aliphatic carbocycles. The van der Waals surface area contributed by atoms with Crippen molar-refractivity contribution >= 4 is 11.9 Å². The van der Waals surface area contributed by atoms with Crippen molar-refractivity contribution in [3.05, 3.63) is 0 Å². The maximum absolute atomic E-state index is 11.3. The molecule has 0 aromatic rings. The summed E-state index contributed by atoms with van der Waals surface area (Å²) >= 11 is 0. The van der Waals surface area contributed by atoms with Gasteiger partial charge in [0.25, 0.3) is 0 Å². The fourth-order valence-corrected chi connectivity index (χ4v) is 3.30. The fourth-order valence-electron chi connectivity index (χ4n) is 3.30. The highest BCUT2D eigenvalue weighted by atomic mass is 16.5. The van der Waals surface area contributed by atoms with Crippen LogP contribution in [0, 0.1) is 5.92 Å². The van der Waals surface area contributed by atoms with Crippen LogP contribution in [-0.2, 0) is 14.3 Å². The minimum Gasteiger partial charge on any atom is -0.466 e. The molecule has 1 aliphatic heterocycles. The van der Waals surface area contributed by atoms with Crippen molar-refractivity contribution in [2.75, 3.05) is 52.5 Å². The lowest BCUT2D eigenvalue weighted by Gasteiger charge is -2.33. The second kappa shape index (κ2) is 15.6. The number of morpholine rings is 1. The van der Waals surface area contributed by atoms with E-state index in [1.807, 2.05) is 6.92 Å². The van der Waals surface area contributed by atoms with Crippen LogP contribution in [0.15, 0.2) is 4.99 Å². The van der Waals surface area contributed by atoms with E-state index in [0.29, 0.717) is 25.5 Å².